The Bertz CT molecular complexity index is 1360. The number of hydrogen-bond donors (Lipinski definition) is 1. The van der Waals surface area contributed by atoms with Crippen LogP contribution in [0.2, 0.25) is 0 Å². The van der Waals surface area contributed by atoms with Crippen molar-refractivity contribution in [2.75, 3.05) is 51.4 Å². The second-order valence-corrected chi connectivity index (χ2v) is 13.6. The molecule has 1 N–H and O–H groups in total. The van der Waals surface area contributed by atoms with Gasteiger partial charge in [0, 0.05) is 73.4 Å². The zero-order valence-electron chi connectivity index (χ0n) is 26.3. The largest absolute Gasteiger partial charge is 0.396 e. The summed E-state index contributed by atoms with van der Waals surface area (Å²) < 4.78 is 15.5. The Kier molecular flexibility index (Phi) is 10.00. The van der Waals surface area contributed by atoms with Crippen LogP contribution < -0.4 is 4.90 Å². The molecule has 42 heavy (non-hydrogen) atoms. The summed E-state index contributed by atoms with van der Waals surface area (Å²) in [5.41, 5.74) is 6.83. The number of nitrogens with zero attached hydrogens (tertiary/aromatic N) is 4. The zero-order chi connectivity index (χ0) is 30.0. The molecule has 0 amide bonds. The van der Waals surface area contributed by atoms with Gasteiger partial charge in [0.15, 0.2) is 0 Å². The number of ether oxygens (including phenoxy) is 2. The molecule has 230 valence electrons. The minimum atomic E-state index is -0.165. The molecule has 0 bridgehead atoms. The lowest BCUT2D eigenvalue weighted by molar-refractivity contribution is 0.0735. The highest BCUT2D eigenvalue weighted by Gasteiger charge is 2.43. The summed E-state index contributed by atoms with van der Waals surface area (Å²) in [6.45, 7) is 16.5. The molecule has 7 nitrogen and oxygen atoms in total. The molecule has 2 aromatic heterocycles. The van der Waals surface area contributed by atoms with E-state index in [0.717, 1.165) is 73.4 Å². The lowest BCUT2D eigenvalue weighted by atomic mass is 9.92. The third kappa shape index (κ3) is 6.58. The van der Waals surface area contributed by atoms with Crippen molar-refractivity contribution in [1.82, 2.24) is 14.5 Å². The van der Waals surface area contributed by atoms with Gasteiger partial charge in [-0.05, 0) is 88.6 Å². The Morgan fingerprint density at radius 3 is 2.43 bits per heavy atom. The highest BCUT2D eigenvalue weighted by molar-refractivity contribution is 9.10. The molecule has 5 rings (SSSR count). The lowest BCUT2D eigenvalue weighted by Crippen LogP contribution is -2.49. The fourth-order valence-corrected chi connectivity index (χ4v) is 6.74. The topological polar surface area (TPSA) is 63.0 Å². The van der Waals surface area contributed by atoms with Gasteiger partial charge in [0.25, 0.3) is 0 Å². The van der Waals surface area contributed by atoms with Gasteiger partial charge >= 0.3 is 0 Å². The van der Waals surface area contributed by atoms with Gasteiger partial charge in [-0.2, -0.15) is 0 Å². The number of pyridine rings is 1. The fraction of sp³-hybridized carbons (Fsp3) is 0.618. The van der Waals surface area contributed by atoms with Crippen molar-refractivity contribution in [2.45, 2.75) is 85.1 Å². The highest BCUT2D eigenvalue weighted by atomic mass is 79.9. The molecular formula is C34H49BrN4O3. The van der Waals surface area contributed by atoms with Crippen LogP contribution in [-0.4, -0.2) is 78.2 Å². The number of rotatable bonds is 13. The predicted octanol–water partition coefficient (Wildman–Crippen LogP) is 6.83. The number of fused-ring (bicyclic) bond motifs is 1. The van der Waals surface area contributed by atoms with Crippen molar-refractivity contribution in [3.8, 4) is 11.3 Å². The van der Waals surface area contributed by atoms with Gasteiger partial charge in [0.05, 0.1) is 42.1 Å². The maximum atomic E-state index is 10.4. The van der Waals surface area contributed by atoms with Crippen LogP contribution in [-0.2, 0) is 22.4 Å². The van der Waals surface area contributed by atoms with Crippen LogP contribution in [0.4, 0.5) is 5.69 Å². The second-order valence-electron chi connectivity index (χ2n) is 12.7. The van der Waals surface area contributed by atoms with E-state index in [1.165, 1.54) is 28.6 Å². The van der Waals surface area contributed by atoms with E-state index >= 15 is 0 Å². The third-order valence-electron chi connectivity index (χ3n) is 9.53. The number of aromatic nitrogens is 2. The van der Waals surface area contributed by atoms with E-state index in [9.17, 15) is 5.11 Å². The van der Waals surface area contributed by atoms with Crippen molar-refractivity contribution in [1.29, 1.82) is 0 Å². The highest BCUT2D eigenvalue weighted by Crippen LogP contribution is 2.51. The minimum absolute atomic E-state index is 0.0466. The Hall–Kier alpha value is -1.97. The summed E-state index contributed by atoms with van der Waals surface area (Å²) in [5, 5.41) is 11.6. The lowest BCUT2D eigenvalue weighted by Gasteiger charge is -2.39. The van der Waals surface area contributed by atoms with Crippen molar-refractivity contribution < 1.29 is 14.6 Å². The summed E-state index contributed by atoms with van der Waals surface area (Å²) in [4.78, 5) is 10.2. The standard InChI is InChI=1S/C34H49BrN4O3/c1-7-24(4)37-12-14-38(15-13-37)27-19-29(32(36-21-27)25(5)41-6)33-30(20-34(22-40)10-11-34)28-18-26(35)8-9-31(28)39(33)16-17-42-23(2)3/h8-9,18-19,21,23-25,40H,7,10-17,20,22H2,1-6H3/t24?,25-/m0/s1. The summed E-state index contributed by atoms with van der Waals surface area (Å²) in [7, 11) is 1.76. The van der Waals surface area contributed by atoms with Gasteiger partial charge in [0.1, 0.15) is 0 Å². The first-order valence-electron chi connectivity index (χ1n) is 15.8. The number of benzene rings is 1. The molecule has 2 aliphatic rings. The molecular weight excluding hydrogens is 592 g/mol. The van der Waals surface area contributed by atoms with Crippen molar-refractivity contribution in [3.05, 3.63) is 46.2 Å². The van der Waals surface area contributed by atoms with E-state index in [0.29, 0.717) is 12.6 Å². The average molecular weight is 642 g/mol. The average Bonchev–Trinajstić information content (AvgIpc) is 3.72. The Balaban J connectivity index is 1.67. The molecule has 0 radical (unpaired) electrons. The van der Waals surface area contributed by atoms with Crippen molar-refractivity contribution >= 4 is 32.5 Å². The molecule has 2 fully saturated rings. The molecule has 1 aromatic carbocycles. The molecule has 1 aliphatic carbocycles. The van der Waals surface area contributed by atoms with Crippen LogP contribution in [0.1, 0.15) is 71.2 Å². The molecule has 1 saturated carbocycles. The normalized spacial score (nSPS) is 18.6. The third-order valence-corrected chi connectivity index (χ3v) is 10.0. The SMILES string of the molecule is CCC(C)N1CCN(c2cnc([C@H](C)OC)c(-c3c(CC4(CO)CC4)c4cc(Br)ccc4n3CCOC(C)C)c2)CC1. The first-order valence-corrected chi connectivity index (χ1v) is 16.5. The summed E-state index contributed by atoms with van der Waals surface area (Å²) in [6, 6.07) is 9.54. The number of aliphatic hydroxyl groups excluding tert-OH is 1. The number of hydrogen-bond acceptors (Lipinski definition) is 6. The molecule has 1 aliphatic heterocycles. The Morgan fingerprint density at radius 1 is 1.07 bits per heavy atom. The van der Waals surface area contributed by atoms with Crippen LogP contribution in [0.5, 0.6) is 0 Å². The van der Waals surface area contributed by atoms with Gasteiger partial charge in [-0.3, -0.25) is 9.88 Å². The fourth-order valence-electron chi connectivity index (χ4n) is 6.38. The van der Waals surface area contributed by atoms with Gasteiger partial charge in [-0.1, -0.05) is 22.9 Å². The van der Waals surface area contributed by atoms with Gasteiger partial charge in [-0.15, -0.1) is 0 Å². The van der Waals surface area contributed by atoms with Crippen molar-refractivity contribution in [2.24, 2.45) is 5.41 Å². The number of piperazine rings is 1. The van der Waals surface area contributed by atoms with Crippen LogP contribution in [0.3, 0.4) is 0 Å². The molecule has 1 unspecified atom stereocenters. The van der Waals surface area contributed by atoms with Crippen LogP contribution in [0.15, 0.2) is 34.9 Å². The Labute approximate surface area is 260 Å². The van der Waals surface area contributed by atoms with E-state index in [-0.39, 0.29) is 24.2 Å². The summed E-state index contributed by atoms with van der Waals surface area (Å²) >= 11 is 3.75. The number of aliphatic hydroxyl groups is 1. The van der Waals surface area contributed by atoms with E-state index in [1.807, 2.05) is 6.20 Å². The number of anilines is 1. The molecule has 8 heteroatoms. The quantitative estimate of drug-likeness (QED) is 0.221. The summed E-state index contributed by atoms with van der Waals surface area (Å²) in [5.74, 6) is 0. The maximum absolute atomic E-state index is 10.4. The zero-order valence-corrected chi connectivity index (χ0v) is 27.9. The molecule has 2 atom stereocenters. The second kappa shape index (κ2) is 13.3. The first-order chi connectivity index (χ1) is 20.2. The van der Waals surface area contributed by atoms with Gasteiger partial charge in [-0.25, -0.2) is 0 Å². The van der Waals surface area contributed by atoms with Crippen LogP contribution in [0, 0.1) is 5.41 Å². The number of halogens is 1. The molecule has 3 aromatic rings. The van der Waals surface area contributed by atoms with Gasteiger partial charge < -0.3 is 24.0 Å². The minimum Gasteiger partial charge on any atom is -0.396 e. The molecule has 0 spiro atoms. The maximum Gasteiger partial charge on any atom is 0.0969 e. The van der Waals surface area contributed by atoms with E-state index in [1.54, 1.807) is 7.11 Å². The van der Waals surface area contributed by atoms with E-state index in [2.05, 4.69) is 89.2 Å². The van der Waals surface area contributed by atoms with E-state index in [4.69, 9.17) is 14.5 Å². The molecule has 1 saturated heterocycles. The monoisotopic (exact) mass is 640 g/mol. The van der Waals surface area contributed by atoms with Crippen molar-refractivity contribution in [3.63, 3.8) is 0 Å². The Morgan fingerprint density at radius 2 is 1.81 bits per heavy atom. The predicted molar refractivity (Wildman–Crippen MR) is 175 cm³/mol. The van der Waals surface area contributed by atoms with Gasteiger partial charge in [0.2, 0.25) is 0 Å². The van der Waals surface area contributed by atoms with Crippen LogP contribution >= 0.6 is 15.9 Å². The number of methoxy groups -OCH3 is 1. The molecule has 3 heterocycles. The summed E-state index contributed by atoms with van der Waals surface area (Å²) in [6.07, 6.45) is 6.16. The smallest absolute Gasteiger partial charge is 0.0969 e. The first kappa shape index (κ1) is 31.5. The van der Waals surface area contributed by atoms with E-state index < -0.39 is 0 Å². The van der Waals surface area contributed by atoms with Crippen LogP contribution in [0.25, 0.3) is 22.2 Å².